The number of nitrogens with zero attached hydrogens (tertiary/aromatic N) is 4. The zero-order chi connectivity index (χ0) is 17.9. The maximum atomic E-state index is 12.8. The fourth-order valence-corrected chi connectivity index (χ4v) is 2.61. The highest BCUT2D eigenvalue weighted by Gasteiger charge is 2.18. The molecule has 0 bridgehead atoms. The second-order valence-electron chi connectivity index (χ2n) is 5.84. The van der Waals surface area contributed by atoms with Crippen molar-refractivity contribution in [1.82, 2.24) is 18.7 Å². The molecule has 0 fully saturated rings. The number of imidazole rings is 1. The number of aliphatic hydroxyl groups excluding tert-OH is 1. The lowest BCUT2D eigenvalue weighted by Gasteiger charge is -2.10. The van der Waals surface area contributed by atoms with Crippen LogP contribution >= 0.6 is 0 Å². The van der Waals surface area contributed by atoms with Gasteiger partial charge in [0.2, 0.25) is 5.95 Å². The van der Waals surface area contributed by atoms with Crippen molar-refractivity contribution in [2.75, 3.05) is 12.3 Å². The predicted molar refractivity (Wildman–Crippen MR) is 90.8 cm³/mol. The molecule has 0 saturated carbocycles. The Bertz CT molecular complexity index is 818. The number of aryl methyl sites for hydroxylation is 1. The molecule has 0 spiro atoms. The third-order valence-corrected chi connectivity index (χ3v) is 3.94. The van der Waals surface area contributed by atoms with Gasteiger partial charge in [-0.15, -0.1) is 0 Å². The molecule has 0 aliphatic heterocycles. The molecule has 0 aliphatic rings. The Morgan fingerprint density at radius 2 is 2.00 bits per heavy atom. The second kappa shape index (κ2) is 7.63. The van der Waals surface area contributed by atoms with Gasteiger partial charge in [-0.3, -0.25) is 18.5 Å². The Balaban J connectivity index is 2.45. The Labute approximate surface area is 139 Å². The molecule has 1 atom stereocenters. The molecular formula is C15H25N5O4. The maximum Gasteiger partial charge on any atom is 0.332 e. The van der Waals surface area contributed by atoms with Gasteiger partial charge in [-0.05, 0) is 33.1 Å². The SMILES string of the molecule is CCOCn1c(N)nc2c1c(=O)n(CCCCC(C)O)c(=O)n2C. The first-order valence-corrected chi connectivity index (χ1v) is 8.09. The minimum absolute atomic E-state index is 0.105. The number of hydrogen-bond donors (Lipinski definition) is 2. The third-order valence-electron chi connectivity index (χ3n) is 3.94. The molecule has 9 nitrogen and oxygen atoms in total. The Morgan fingerprint density at radius 3 is 2.62 bits per heavy atom. The van der Waals surface area contributed by atoms with Gasteiger partial charge in [-0.1, -0.05) is 0 Å². The fraction of sp³-hybridized carbons (Fsp3) is 0.667. The van der Waals surface area contributed by atoms with Gasteiger partial charge in [0.15, 0.2) is 11.2 Å². The van der Waals surface area contributed by atoms with E-state index in [9.17, 15) is 14.7 Å². The van der Waals surface area contributed by atoms with E-state index in [1.807, 2.05) is 6.92 Å². The number of aromatic nitrogens is 4. The van der Waals surface area contributed by atoms with E-state index in [4.69, 9.17) is 10.5 Å². The standard InChI is InChI=1S/C15H25N5O4/c1-4-24-9-20-11-12(17-14(20)16)18(3)15(23)19(13(11)22)8-6-5-7-10(2)21/h10,21H,4-9H2,1-3H3,(H2,16,17). The Morgan fingerprint density at radius 1 is 1.29 bits per heavy atom. The van der Waals surface area contributed by atoms with Gasteiger partial charge < -0.3 is 15.6 Å². The van der Waals surface area contributed by atoms with E-state index >= 15 is 0 Å². The normalized spacial score (nSPS) is 12.8. The highest BCUT2D eigenvalue weighted by molar-refractivity contribution is 5.73. The zero-order valence-corrected chi connectivity index (χ0v) is 14.4. The van der Waals surface area contributed by atoms with Crippen LogP contribution in [0.1, 0.15) is 33.1 Å². The van der Waals surface area contributed by atoms with Gasteiger partial charge >= 0.3 is 5.69 Å². The number of rotatable bonds is 8. The summed E-state index contributed by atoms with van der Waals surface area (Å²) in [6.07, 6.45) is 1.60. The molecule has 2 heterocycles. The molecule has 0 amide bonds. The molecule has 24 heavy (non-hydrogen) atoms. The predicted octanol–water partition coefficient (Wildman–Crippen LogP) is 0.0240. The van der Waals surface area contributed by atoms with Gasteiger partial charge in [0.1, 0.15) is 6.73 Å². The maximum absolute atomic E-state index is 12.8. The molecule has 9 heteroatoms. The number of fused-ring (bicyclic) bond motifs is 1. The third kappa shape index (κ3) is 3.51. The second-order valence-corrected chi connectivity index (χ2v) is 5.84. The highest BCUT2D eigenvalue weighted by Crippen LogP contribution is 2.13. The number of anilines is 1. The molecule has 0 saturated heterocycles. The van der Waals surface area contributed by atoms with Crippen molar-refractivity contribution in [2.45, 2.75) is 52.5 Å². The van der Waals surface area contributed by atoms with Gasteiger partial charge in [-0.2, -0.15) is 4.98 Å². The summed E-state index contributed by atoms with van der Waals surface area (Å²) < 4.78 is 9.33. The average molecular weight is 339 g/mol. The van der Waals surface area contributed by atoms with Crippen molar-refractivity contribution >= 4 is 17.1 Å². The number of nitrogens with two attached hydrogens (primary N) is 1. The molecule has 2 aromatic rings. The molecule has 1 unspecified atom stereocenters. The van der Waals surface area contributed by atoms with Crippen LogP contribution in [0.15, 0.2) is 9.59 Å². The van der Waals surface area contributed by atoms with Crippen LogP contribution in [0.5, 0.6) is 0 Å². The molecule has 2 rings (SSSR count). The van der Waals surface area contributed by atoms with Crippen molar-refractivity contribution in [1.29, 1.82) is 0 Å². The molecular weight excluding hydrogens is 314 g/mol. The van der Waals surface area contributed by atoms with Gasteiger partial charge in [-0.25, -0.2) is 4.79 Å². The first-order valence-electron chi connectivity index (χ1n) is 8.09. The van der Waals surface area contributed by atoms with Crippen molar-refractivity contribution < 1.29 is 9.84 Å². The Kier molecular flexibility index (Phi) is 5.79. The fourth-order valence-electron chi connectivity index (χ4n) is 2.61. The number of ether oxygens (including phenoxy) is 1. The summed E-state index contributed by atoms with van der Waals surface area (Å²) >= 11 is 0. The minimum atomic E-state index is -0.425. The summed E-state index contributed by atoms with van der Waals surface area (Å²) in [7, 11) is 1.56. The summed E-state index contributed by atoms with van der Waals surface area (Å²) in [4.78, 5) is 29.3. The van der Waals surface area contributed by atoms with Crippen LogP contribution in [0, 0.1) is 0 Å². The Hall–Kier alpha value is -2.13. The van der Waals surface area contributed by atoms with E-state index < -0.39 is 11.2 Å². The summed E-state index contributed by atoms with van der Waals surface area (Å²) in [6, 6.07) is 0. The van der Waals surface area contributed by atoms with Crippen LogP contribution < -0.4 is 17.0 Å². The lowest BCUT2D eigenvalue weighted by molar-refractivity contribution is 0.0917. The highest BCUT2D eigenvalue weighted by atomic mass is 16.5. The summed E-state index contributed by atoms with van der Waals surface area (Å²) in [5.41, 5.74) is 5.53. The summed E-state index contributed by atoms with van der Waals surface area (Å²) in [5, 5.41) is 9.29. The lowest BCUT2D eigenvalue weighted by atomic mass is 10.2. The van der Waals surface area contributed by atoms with Crippen molar-refractivity contribution in [2.24, 2.45) is 7.05 Å². The number of aliphatic hydroxyl groups is 1. The topological polar surface area (TPSA) is 117 Å². The van der Waals surface area contributed by atoms with Crippen LogP contribution in [0.4, 0.5) is 5.95 Å². The quantitative estimate of drug-likeness (QED) is 0.655. The number of unbranched alkanes of at least 4 members (excludes halogenated alkanes) is 1. The van der Waals surface area contributed by atoms with E-state index in [1.165, 1.54) is 13.7 Å². The zero-order valence-electron chi connectivity index (χ0n) is 14.4. The number of hydrogen-bond acceptors (Lipinski definition) is 6. The van der Waals surface area contributed by atoms with E-state index in [0.717, 1.165) is 6.42 Å². The van der Waals surface area contributed by atoms with Crippen molar-refractivity contribution in [3.8, 4) is 0 Å². The molecule has 0 aliphatic carbocycles. The van der Waals surface area contributed by atoms with E-state index in [-0.39, 0.29) is 36.5 Å². The van der Waals surface area contributed by atoms with Crippen molar-refractivity contribution in [3.63, 3.8) is 0 Å². The smallest absolute Gasteiger partial charge is 0.332 e. The summed E-state index contributed by atoms with van der Waals surface area (Å²) in [5.74, 6) is 0.136. The monoisotopic (exact) mass is 339 g/mol. The molecule has 0 radical (unpaired) electrons. The summed E-state index contributed by atoms with van der Waals surface area (Å²) in [6.45, 7) is 4.42. The average Bonchev–Trinajstić information content (AvgIpc) is 2.86. The van der Waals surface area contributed by atoms with Crippen LogP contribution in [0.25, 0.3) is 11.2 Å². The van der Waals surface area contributed by atoms with Crippen molar-refractivity contribution in [3.05, 3.63) is 20.8 Å². The van der Waals surface area contributed by atoms with E-state index in [0.29, 0.717) is 19.4 Å². The van der Waals surface area contributed by atoms with Crippen LogP contribution in [0.3, 0.4) is 0 Å². The minimum Gasteiger partial charge on any atom is -0.393 e. The first-order chi connectivity index (χ1) is 11.4. The largest absolute Gasteiger partial charge is 0.393 e. The lowest BCUT2D eigenvalue weighted by Crippen LogP contribution is -2.39. The van der Waals surface area contributed by atoms with Crippen LogP contribution in [-0.4, -0.2) is 36.5 Å². The van der Waals surface area contributed by atoms with Crippen LogP contribution in [0.2, 0.25) is 0 Å². The van der Waals surface area contributed by atoms with E-state index in [2.05, 4.69) is 4.98 Å². The molecule has 0 aromatic carbocycles. The van der Waals surface area contributed by atoms with Gasteiger partial charge in [0.25, 0.3) is 5.56 Å². The molecule has 3 N–H and O–H groups in total. The first kappa shape index (κ1) is 18.2. The molecule has 134 valence electrons. The number of nitrogen functional groups attached to an aromatic ring is 1. The van der Waals surface area contributed by atoms with E-state index in [1.54, 1.807) is 14.0 Å². The van der Waals surface area contributed by atoms with Gasteiger partial charge in [0, 0.05) is 20.2 Å². The van der Waals surface area contributed by atoms with Gasteiger partial charge in [0.05, 0.1) is 6.10 Å². The molecule has 2 aromatic heterocycles. The van der Waals surface area contributed by atoms with Crippen LogP contribution in [-0.2, 0) is 25.1 Å².